The fraction of sp³-hybridized carbons (Fsp3) is 0.0769. The standard InChI is InChI=1S/C13H13NO.ClH/c14-13-4-2-1-3-11(13)9-10-5-7-12(15)8-6-10;/h1-8,15H,9,14H2;1H. The molecule has 2 nitrogen and oxygen atoms in total. The molecule has 0 saturated carbocycles. The van der Waals surface area contributed by atoms with Crippen molar-refractivity contribution >= 4 is 18.1 Å². The van der Waals surface area contributed by atoms with Gasteiger partial charge in [0.1, 0.15) is 5.75 Å². The topological polar surface area (TPSA) is 46.2 Å². The Kier molecular flexibility index (Phi) is 4.20. The molecule has 2 aromatic rings. The van der Waals surface area contributed by atoms with Crippen LogP contribution in [0.1, 0.15) is 11.1 Å². The van der Waals surface area contributed by atoms with Gasteiger partial charge in [0.2, 0.25) is 0 Å². The second-order valence-electron chi connectivity index (χ2n) is 3.54. The molecule has 0 unspecified atom stereocenters. The van der Waals surface area contributed by atoms with Crippen LogP contribution >= 0.6 is 12.4 Å². The van der Waals surface area contributed by atoms with Gasteiger partial charge in [-0.3, -0.25) is 0 Å². The molecule has 0 aliphatic rings. The molecule has 0 radical (unpaired) electrons. The number of hydrogen-bond acceptors (Lipinski definition) is 2. The Labute approximate surface area is 101 Å². The molecule has 3 heteroatoms. The third-order valence-electron chi connectivity index (χ3n) is 2.39. The Bertz CT molecular complexity index is 454. The van der Waals surface area contributed by atoms with E-state index in [0.29, 0.717) is 5.75 Å². The zero-order valence-electron chi connectivity index (χ0n) is 8.76. The number of nitrogen functional groups attached to an aromatic ring is 1. The molecular weight excluding hydrogens is 222 g/mol. The fourth-order valence-electron chi connectivity index (χ4n) is 1.53. The number of benzene rings is 2. The van der Waals surface area contributed by atoms with Crippen LogP contribution in [-0.4, -0.2) is 5.11 Å². The molecule has 0 spiro atoms. The lowest BCUT2D eigenvalue weighted by Crippen LogP contribution is -1.94. The molecule has 0 aliphatic heterocycles. The summed E-state index contributed by atoms with van der Waals surface area (Å²) in [5.41, 5.74) is 8.92. The molecule has 0 amide bonds. The first-order valence-corrected chi connectivity index (χ1v) is 4.87. The van der Waals surface area contributed by atoms with E-state index in [1.54, 1.807) is 12.1 Å². The number of rotatable bonds is 2. The first kappa shape index (κ1) is 12.4. The number of hydrogen-bond donors (Lipinski definition) is 2. The molecule has 84 valence electrons. The molecule has 0 fully saturated rings. The third-order valence-corrected chi connectivity index (χ3v) is 2.39. The summed E-state index contributed by atoms with van der Waals surface area (Å²) in [6.07, 6.45) is 0.799. The van der Waals surface area contributed by atoms with Gasteiger partial charge in [-0.25, -0.2) is 0 Å². The van der Waals surface area contributed by atoms with Crippen molar-refractivity contribution in [2.24, 2.45) is 0 Å². The highest BCUT2D eigenvalue weighted by atomic mass is 35.5. The van der Waals surface area contributed by atoms with E-state index in [4.69, 9.17) is 10.8 Å². The molecule has 0 heterocycles. The largest absolute Gasteiger partial charge is 0.508 e. The summed E-state index contributed by atoms with van der Waals surface area (Å²) in [6, 6.07) is 15.0. The van der Waals surface area contributed by atoms with Gasteiger partial charge in [0.05, 0.1) is 0 Å². The lowest BCUT2D eigenvalue weighted by Gasteiger charge is -2.05. The van der Waals surface area contributed by atoms with Crippen LogP contribution < -0.4 is 5.73 Å². The average molecular weight is 236 g/mol. The first-order valence-electron chi connectivity index (χ1n) is 4.87. The summed E-state index contributed by atoms with van der Waals surface area (Å²) in [6.45, 7) is 0. The lowest BCUT2D eigenvalue weighted by molar-refractivity contribution is 0.475. The summed E-state index contributed by atoms with van der Waals surface area (Å²) in [4.78, 5) is 0. The van der Waals surface area contributed by atoms with Crippen molar-refractivity contribution in [1.82, 2.24) is 0 Å². The smallest absolute Gasteiger partial charge is 0.115 e. The molecule has 3 N–H and O–H groups in total. The molecule has 2 rings (SSSR count). The summed E-state index contributed by atoms with van der Waals surface area (Å²) in [7, 11) is 0. The minimum atomic E-state index is 0. The maximum Gasteiger partial charge on any atom is 0.115 e. The van der Waals surface area contributed by atoms with Crippen molar-refractivity contribution in [3.63, 3.8) is 0 Å². The minimum absolute atomic E-state index is 0. The van der Waals surface area contributed by atoms with Crippen molar-refractivity contribution in [2.45, 2.75) is 6.42 Å². The van der Waals surface area contributed by atoms with Gasteiger partial charge < -0.3 is 10.8 Å². The van der Waals surface area contributed by atoms with Crippen LogP contribution in [0.3, 0.4) is 0 Å². The molecule has 0 aromatic heterocycles. The molecule has 0 aliphatic carbocycles. The zero-order valence-corrected chi connectivity index (χ0v) is 9.58. The SMILES string of the molecule is Cl.Nc1ccccc1Cc1ccc(O)cc1. The van der Waals surface area contributed by atoms with Gasteiger partial charge in [-0.2, -0.15) is 0 Å². The van der Waals surface area contributed by atoms with Crippen LogP contribution in [0.25, 0.3) is 0 Å². The van der Waals surface area contributed by atoms with Crippen LogP contribution in [0.2, 0.25) is 0 Å². The van der Waals surface area contributed by atoms with Crippen LogP contribution in [0, 0.1) is 0 Å². The van der Waals surface area contributed by atoms with Crippen LogP contribution in [-0.2, 0) is 6.42 Å². The van der Waals surface area contributed by atoms with Crippen LogP contribution in [0.4, 0.5) is 5.69 Å². The number of nitrogens with two attached hydrogens (primary N) is 1. The monoisotopic (exact) mass is 235 g/mol. The Morgan fingerprint density at radius 2 is 1.56 bits per heavy atom. The van der Waals surface area contributed by atoms with Crippen molar-refractivity contribution in [3.8, 4) is 5.75 Å². The van der Waals surface area contributed by atoms with Crippen molar-refractivity contribution in [1.29, 1.82) is 0 Å². The van der Waals surface area contributed by atoms with Crippen LogP contribution in [0.15, 0.2) is 48.5 Å². The molecule has 2 aromatic carbocycles. The van der Waals surface area contributed by atoms with Gasteiger partial charge in [-0.1, -0.05) is 30.3 Å². The lowest BCUT2D eigenvalue weighted by atomic mass is 10.0. The number of aromatic hydroxyl groups is 1. The summed E-state index contributed by atoms with van der Waals surface area (Å²) < 4.78 is 0. The zero-order chi connectivity index (χ0) is 10.7. The number of phenolic OH excluding ortho intramolecular Hbond substituents is 1. The highest BCUT2D eigenvalue weighted by molar-refractivity contribution is 5.85. The van der Waals surface area contributed by atoms with Gasteiger partial charge in [-0.15, -0.1) is 12.4 Å². The maximum absolute atomic E-state index is 9.15. The van der Waals surface area contributed by atoms with Crippen molar-refractivity contribution in [3.05, 3.63) is 59.7 Å². The third kappa shape index (κ3) is 2.91. The van der Waals surface area contributed by atoms with Crippen molar-refractivity contribution < 1.29 is 5.11 Å². The van der Waals surface area contributed by atoms with Crippen LogP contribution in [0.5, 0.6) is 5.75 Å². The average Bonchev–Trinajstić information content (AvgIpc) is 2.25. The molecule has 0 atom stereocenters. The number of anilines is 1. The van der Waals surface area contributed by atoms with E-state index in [2.05, 4.69) is 0 Å². The van der Waals surface area contributed by atoms with E-state index < -0.39 is 0 Å². The quantitative estimate of drug-likeness (QED) is 0.787. The summed E-state index contributed by atoms with van der Waals surface area (Å²) >= 11 is 0. The van der Waals surface area contributed by atoms with Gasteiger partial charge in [0.15, 0.2) is 0 Å². The Morgan fingerprint density at radius 3 is 2.19 bits per heavy atom. The van der Waals surface area contributed by atoms with Gasteiger partial charge in [0.25, 0.3) is 0 Å². The van der Waals surface area contributed by atoms with Gasteiger partial charge >= 0.3 is 0 Å². The summed E-state index contributed by atoms with van der Waals surface area (Å²) in [5.74, 6) is 0.291. The van der Waals surface area contributed by atoms with E-state index in [-0.39, 0.29) is 12.4 Å². The maximum atomic E-state index is 9.15. The van der Waals surface area contributed by atoms with E-state index in [9.17, 15) is 0 Å². The number of halogens is 1. The highest BCUT2D eigenvalue weighted by Gasteiger charge is 1.99. The van der Waals surface area contributed by atoms with E-state index in [0.717, 1.165) is 23.2 Å². The second-order valence-corrected chi connectivity index (χ2v) is 3.54. The molecule has 0 saturated heterocycles. The number of para-hydroxylation sites is 1. The number of phenols is 1. The second kappa shape index (κ2) is 5.42. The highest BCUT2D eigenvalue weighted by Crippen LogP contribution is 2.17. The Morgan fingerprint density at radius 1 is 0.938 bits per heavy atom. The minimum Gasteiger partial charge on any atom is -0.508 e. The first-order chi connectivity index (χ1) is 7.25. The Hall–Kier alpha value is -1.67. The van der Waals surface area contributed by atoms with Gasteiger partial charge in [-0.05, 0) is 35.7 Å². The summed E-state index contributed by atoms with van der Waals surface area (Å²) in [5, 5.41) is 9.15. The van der Waals surface area contributed by atoms with Crippen molar-refractivity contribution in [2.75, 3.05) is 5.73 Å². The molecule has 16 heavy (non-hydrogen) atoms. The van der Waals surface area contributed by atoms with Gasteiger partial charge in [0, 0.05) is 5.69 Å². The normalized spacial score (nSPS) is 9.50. The Balaban J connectivity index is 0.00000128. The fourth-order valence-corrected chi connectivity index (χ4v) is 1.53. The van der Waals surface area contributed by atoms with E-state index >= 15 is 0 Å². The molecular formula is C13H14ClNO. The van der Waals surface area contributed by atoms with E-state index in [1.165, 1.54) is 0 Å². The van der Waals surface area contributed by atoms with E-state index in [1.807, 2.05) is 36.4 Å². The predicted octanol–water partition coefficient (Wildman–Crippen LogP) is 2.99. The molecule has 0 bridgehead atoms. The predicted molar refractivity (Wildman–Crippen MR) is 69.0 cm³/mol.